The Kier molecular flexibility index (Phi) is 5.01. The maximum atomic E-state index is 11.9. The number of aryl methyl sites for hydroxylation is 1. The van der Waals surface area contributed by atoms with Crippen molar-refractivity contribution < 1.29 is 9.47 Å². The number of rotatable bonds is 5. The summed E-state index contributed by atoms with van der Waals surface area (Å²) >= 11 is 0. The number of azide groups is 1. The lowest BCUT2D eigenvalue weighted by Crippen LogP contribution is -2.33. The second-order valence-electron chi connectivity index (χ2n) is 4.84. The maximum Gasteiger partial charge on any atom is 0.330 e. The van der Waals surface area contributed by atoms with Gasteiger partial charge in [-0.15, -0.1) is 6.42 Å². The quantitative estimate of drug-likeness (QED) is 0.279. The van der Waals surface area contributed by atoms with Gasteiger partial charge in [0.25, 0.3) is 5.56 Å². The average Bonchev–Trinajstić information content (AvgIpc) is 2.87. The molecule has 0 unspecified atom stereocenters. The summed E-state index contributed by atoms with van der Waals surface area (Å²) in [6.07, 6.45) is 5.68. The Labute approximate surface area is 125 Å². The van der Waals surface area contributed by atoms with Gasteiger partial charge in [0.15, 0.2) is 0 Å². The number of H-pyrrole nitrogens is 1. The highest BCUT2D eigenvalue weighted by Crippen LogP contribution is 2.30. The molecule has 1 aliphatic rings. The van der Waals surface area contributed by atoms with Crippen molar-refractivity contribution in [2.24, 2.45) is 5.11 Å². The number of hydrogen-bond donors (Lipinski definition) is 1. The fourth-order valence-electron chi connectivity index (χ4n) is 2.26. The summed E-state index contributed by atoms with van der Waals surface area (Å²) in [5, 5.41) is 3.67. The van der Waals surface area contributed by atoms with Gasteiger partial charge >= 0.3 is 5.69 Å². The molecule has 0 spiro atoms. The second-order valence-corrected chi connectivity index (χ2v) is 4.84. The van der Waals surface area contributed by atoms with E-state index in [1.165, 1.54) is 10.8 Å². The van der Waals surface area contributed by atoms with Crippen molar-refractivity contribution in [2.45, 2.75) is 31.7 Å². The lowest BCUT2D eigenvalue weighted by atomic mass is 10.1. The van der Waals surface area contributed by atoms with Crippen molar-refractivity contribution in [1.29, 1.82) is 0 Å². The van der Waals surface area contributed by atoms with E-state index in [2.05, 4.69) is 20.9 Å². The molecule has 2 heterocycles. The van der Waals surface area contributed by atoms with Crippen LogP contribution < -0.4 is 11.2 Å². The van der Waals surface area contributed by atoms with Crippen LogP contribution in [0.4, 0.5) is 0 Å². The van der Waals surface area contributed by atoms with Crippen molar-refractivity contribution in [3.63, 3.8) is 0 Å². The minimum atomic E-state index is -0.641. The van der Waals surface area contributed by atoms with Crippen LogP contribution in [0.5, 0.6) is 0 Å². The van der Waals surface area contributed by atoms with Crippen LogP contribution in [0.15, 0.2) is 20.9 Å². The summed E-state index contributed by atoms with van der Waals surface area (Å²) in [4.78, 5) is 28.3. The topological polar surface area (TPSA) is 122 Å². The van der Waals surface area contributed by atoms with Gasteiger partial charge in [0.2, 0.25) is 0 Å². The van der Waals surface area contributed by atoms with E-state index in [1.807, 2.05) is 0 Å². The van der Waals surface area contributed by atoms with E-state index in [9.17, 15) is 9.59 Å². The van der Waals surface area contributed by atoms with Crippen LogP contribution in [0.25, 0.3) is 10.4 Å². The minimum absolute atomic E-state index is 0.116. The first kappa shape index (κ1) is 15.9. The van der Waals surface area contributed by atoms with Gasteiger partial charge in [-0.05, 0) is 12.5 Å². The van der Waals surface area contributed by atoms with Crippen LogP contribution in [0.3, 0.4) is 0 Å². The molecular formula is C13H15N5O4. The Morgan fingerprint density at radius 3 is 3.14 bits per heavy atom. The highest BCUT2D eigenvalue weighted by molar-refractivity contribution is 5.02. The first-order valence-electron chi connectivity index (χ1n) is 6.59. The molecule has 9 heteroatoms. The summed E-state index contributed by atoms with van der Waals surface area (Å²) < 4.78 is 12.2. The van der Waals surface area contributed by atoms with E-state index < -0.39 is 29.6 Å². The highest BCUT2D eigenvalue weighted by Gasteiger charge is 2.36. The number of hydrogen-bond acceptors (Lipinski definition) is 5. The molecule has 0 bridgehead atoms. The zero-order chi connectivity index (χ0) is 16.1. The molecule has 3 atom stereocenters. The predicted octanol–water partition coefficient (Wildman–Crippen LogP) is 0.461. The molecule has 0 radical (unpaired) electrons. The molecule has 0 saturated carbocycles. The number of aromatic amines is 1. The molecule has 1 aromatic heterocycles. The monoisotopic (exact) mass is 305 g/mol. The van der Waals surface area contributed by atoms with Gasteiger partial charge in [-0.3, -0.25) is 14.3 Å². The fraction of sp³-hybridized carbons (Fsp3) is 0.538. The third-order valence-corrected chi connectivity index (χ3v) is 3.33. The number of nitrogens with zero attached hydrogens (tertiary/aromatic N) is 4. The Bertz CT molecular complexity index is 740. The van der Waals surface area contributed by atoms with Gasteiger partial charge in [0, 0.05) is 23.1 Å². The van der Waals surface area contributed by atoms with Gasteiger partial charge in [0.1, 0.15) is 12.8 Å². The minimum Gasteiger partial charge on any atom is -0.366 e. The van der Waals surface area contributed by atoms with Gasteiger partial charge in [-0.25, -0.2) is 4.79 Å². The molecule has 1 saturated heterocycles. The predicted molar refractivity (Wildman–Crippen MR) is 77.2 cm³/mol. The molecule has 1 N–H and O–H groups in total. The smallest absolute Gasteiger partial charge is 0.330 e. The van der Waals surface area contributed by atoms with E-state index in [0.717, 1.165) is 0 Å². The van der Waals surface area contributed by atoms with Gasteiger partial charge < -0.3 is 9.47 Å². The summed E-state index contributed by atoms with van der Waals surface area (Å²) in [5.41, 5.74) is 7.98. The average molecular weight is 305 g/mol. The van der Waals surface area contributed by atoms with E-state index in [4.69, 9.17) is 21.4 Å². The summed E-state index contributed by atoms with van der Waals surface area (Å²) in [7, 11) is 0. The maximum absolute atomic E-state index is 11.9. The van der Waals surface area contributed by atoms with E-state index in [1.54, 1.807) is 6.92 Å². The van der Waals surface area contributed by atoms with Crippen molar-refractivity contribution in [1.82, 2.24) is 9.55 Å². The van der Waals surface area contributed by atoms with Crippen LogP contribution >= 0.6 is 0 Å². The van der Waals surface area contributed by atoms with Crippen LogP contribution in [0.2, 0.25) is 0 Å². The lowest BCUT2D eigenvalue weighted by Gasteiger charge is -2.16. The molecule has 9 nitrogen and oxygen atoms in total. The molecule has 0 amide bonds. The van der Waals surface area contributed by atoms with Crippen molar-refractivity contribution in [3.05, 3.63) is 43.0 Å². The fourth-order valence-corrected chi connectivity index (χ4v) is 2.26. The van der Waals surface area contributed by atoms with Crippen LogP contribution in [-0.2, 0) is 9.47 Å². The molecule has 116 valence electrons. The lowest BCUT2D eigenvalue weighted by molar-refractivity contribution is -0.0405. The molecule has 1 aromatic rings. The van der Waals surface area contributed by atoms with Crippen LogP contribution in [0.1, 0.15) is 18.2 Å². The van der Waals surface area contributed by atoms with Crippen molar-refractivity contribution >= 4 is 0 Å². The molecule has 0 aliphatic carbocycles. The number of ether oxygens (including phenoxy) is 2. The Morgan fingerprint density at radius 2 is 2.45 bits per heavy atom. The molecular weight excluding hydrogens is 290 g/mol. The van der Waals surface area contributed by atoms with E-state index in [0.29, 0.717) is 12.0 Å². The molecule has 2 rings (SSSR count). The Balaban J connectivity index is 2.22. The largest absolute Gasteiger partial charge is 0.366 e. The van der Waals surface area contributed by atoms with Gasteiger partial charge in [-0.1, -0.05) is 11.0 Å². The molecule has 1 aliphatic heterocycles. The second kappa shape index (κ2) is 6.95. The summed E-state index contributed by atoms with van der Waals surface area (Å²) in [6.45, 7) is 1.86. The van der Waals surface area contributed by atoms with Crippen LogP contribution in [-0.4, -0.2) is 34.9 Å². The van der Waals surface area contributed by atoms with Gasteiger partial charge in [0.05, 0.1) is 18.8 Å². The van der Waals surface area contributed by atoms with E-state index in [-0.39, 0.29) is 13.2 Å². The van der Waals surface area contributed by atoms with Gasteiger partial charge in [-0.2, -0.15) is 0 Å². The number of terminal acetylenes is 1. The first-order valence-corrected chi connectivity index (χ1v) is 6.59. The zero-order valence-electron chi connectivity index (χ0n) is 11.9. The first-order chi connectivity index (χ1) is 10.6. The highest BCUT2D eigenvalue weighted by atomic mass is 16.6. The van der Waals surface area contributed by atoms with E-state index >= 15 is 0 Å². The third-order valence-electron chi connectivity index (χ3n) is 3.33. The van der Waals surface area contributed by atoms with Crippen molar-refractivity contribution in [2.75, 3.05) is 13.2 Å². The molecule has 1 fully saturated rings. The third kappa shape index (κ3) is 3.38. The number of nitrogens with one attached hydrogen (secondary N) is 1. The van der Waals surface area contributed by atoms with Crippen molar-refractivity contribution in [3.8, 4) is 12.3 Å². The molecule has 22 heavy (non-hydrogen) atoms. The SMILES string of the molecule is C#CCOC[C@H]1O[C@@H](n2cc(C)c(=O)[nH]c2=O)C[C@@H]1N=[N+]=[N-]. The van der Waals surface area contributed by atoms with Crippen LogP contribution in [0, 0.1) is 19.3 Å². The summed E-state index contributed by atoms with van der Waals surface area (Å²) in [6, 6.07) is -0.480. The summed E-state index contributed by atoms with van der Waals surface area (Å²) in [5.74, 6) is 2.33. The standard InChI is InChI=1S/C13H15N5O4/c1-3-4-21-7-10-9(16-17-14)5-11(22-10)18-6-8(2)12(19)15-13(18)20/h1,6,9-11H,4-5,7H2,2H3,(H,15,19,20)/t9-,10+,11+/m0/s1. The zero-order valence-corrected chi connectivity index (χ0v) is 11.9. The normalized spacial score (nSPS) is 23.7. The Hall–Kier alpha value is -2.53. The molecule has 0 aromatic carbocycles. The Morgan fingerprint density at radius 1 is 1.68 bits per heavy atom. The number of aromatic nitrogens is 2.